The van der Waals surface area contributed by atoms with E-state index in [1.165, 1.54) is 11.1 Å². The smallest absolute Gasteiger partial charge is 0.227 e. The van der Waals surface area contributed by atoms with Crippen LogP contribution in [-0.2, 0) is 17.6 Å². The van der Waals surface area contributed by atoms with E-state index in [2.05, 4.69) is 60.5 Å². The number of hydrogen-bond donors (Lipinski definition) is 1. The third-order valence-corrected chi connectivity index (χ3v) is 5.20. The Labute approximate surface area is 178 Å². The second-order valence-corrected chi connectivity index (χ2v) is 8.16. The molecule has 0 spiro atoms. The summed E-state index contributed by atoms with van der Waals surface area (Å²) in [4.78, 5) is 17.0. The maximum atomic E-state index is 12.6. The molecule has 5 heteroatoms. The SMILES string of the molecule is CCCc1ccc(C(NC(=O)CCc2nc(-c3ccc(C)cc3)no2)C(C)C)cc1. The maximum absolute atomic E-state index is 12.6. The predicted octanol–water partition coefficient (Wildman–Crippen LogP) is 5.44. The highest BCUT2D eigenvalue weighted by atomic mass is 16.5. The van der Waals surface area contributed by atoms with Crippen LogP contribution in [0.3, 0.4) is 0 Å². The molecule has 0 aliphatic heterocycles. The van der Waals surface area contributed by atoms with Crippen LogP contribution in [0.5, 0.6) is 0 Å². The fourth-order valence-corrected chi connectivity index (χ4v) is 3.46. The van der Waals surface area contributed by atoms with Crippen LogP contribution < -0.4 is 5.32 Å². The second-order valence-electron chi connectivity index (χ2n) is 8.16. The summed E-state index contributed by atoms with van der Waals surface area (Å²) >= 11 is 0. The average Bonchev–Trinajstić information content (AvgIpc) is 3.21. The monoisotopic (exact) mass is 405 g/mol. The Morgan fingerprint density at radius 2 is 1.73 bits per heavy atom. The van der Waals surface area contributed by atoms with Gasteiger partial charge in [0, 0.05) is 18.4 Å². The molecule has 2 aromatic carbocycles. The van der Waals surface area contributed by atoms with E-state index in [4.69, 9.17) is 4.52 Å². The van der Waals surface area contributed by atoms with Gasteiger partial charge >= 0.3 is 0 Å². The first-order chi connectivity index (χ1) is 14.5. The molecule has 3 aromatic rings. The zero-order chi connectivity index (χ0) is 21.5. The van der Waals surface area contributed by atoms with Crippen LogP contribution in [-0.4, -0.2) is 16.0 Å². The first kappa shape index (κ1) is 21.8. The van der Waals surface area contributed by atoms with Crippen molar-refractivity contribution < 1.29 is 9.32 Å². The summed E-state index contributed by atoms with van der Waals surface area (Å²) in [7, 11) is 0. The van der Waals surface area contributed by atoms with Crippen molar-refractivity contribution in [1.82, 2.24) is 15.5 Å². The van der Waals surface area contributed by atoms with Crippen LogP contribution in [0.4, 0.5) is 0 Å². The summed E-state index contributed by atoms with van der Waals surface area (Å²) in [5.41, 5.74) is 4.55. The third kappa shape index (κ3) is 5.78. The maximum Gasteiger partial charge on any atom is 0.227 e. The molecule has 0 aliphatic carbocycles. The minimum absolute atomic E-state index is 0.0126. The van der Waals surface area contributed by atoms with Crippen molar-refractivity contribution in [3.8, 4) is 11.4 Å². The number of hydrogen-bond acceptors (Lipinski definition) is 4. The largest absolute Gasteiger partial charge is 0.349 e. The fourth-order valence-electron chi connectivity index (χ4n) is 3.46. The summed E-state index contributed by atoms with van der Waals surface area (Å²) < 4.78 is 5.33. The molecule has 1 atom stereocenters. The molecule has 0 bridgehead atoms. The Bertz CT molecular complexity index is 943. The zero-order valence-corrected chi connectivity index (χ0v) is 18.3. The molecule has 1 heterocycles. The van der Waals surface area contributed by atoms with Gasteiger partial charge in [-0.25, -0.2) is 0 Å². The van der Waals surface area contributed by atoms with Crippen molar-refractivity contribution in [3.05, 3.63) is 71.1 Å². The number of benzene rings is 2. The molecule has 0 aliphatic rings. The zero-order valence-electron chi connectivity index (χ0n) is 18.3. The van der Waals surface area contributed by atoms with Gasteiger partial charge in [-0.3, -0.25) is 4.79 Å². The number of carbonyl (C=O) groups is 1. The summed E-state index contributed by atoms with van der Waals surface area (Å²) in [6, 6.07) is 16.5. The predicted molar refractivity (Wildman–Crippen MR) is 119 cm³/mol. The van der Waals surface area contributed by atoms with E-state index >= 15 is 0 Å². The van der Waals surface area contributed by atoms with Gasteiger partial charge in [-0.2, -0.15) is 4.98 Å². The van der Waals surface area contributed by atoms with Crippen molar-refractivity contribution in [2.45, 2.75) is 59.4 Å². The van der Waals surface area contributed by atoms with E-state index < -0.39 is 0 Å². The van der Waals surface area contributed by atoms with E-state index in [9.17, 15) is 4.79 Å². The standard InChI is InChI=1S/C25H31N3O2/c1-5-6-19-9-13-20(14-10-19)24(17(2)3)26-22(29)15-16-23-27-25(28-30-23)21-11-7-18(4)8-12-21/h7-14,17,24H,5-6,15-16H2,1-4H3,(H,26,29). The number of amides is 1. The quantitative estimate of drug-likeness (QED) is 0.514. The van der Waals surface area contributed by atoms with E-state index in [0.29, 0.717) is 30.5 Å². The Kier molecular flexibility index (Phi) is 7.39. The van der Waals surface area contributed by atoms with Crippen LogP contribution in [0.1, 0.15) is 62.2 Å². The van der Waals surface area contributed by atoms with Crippen LogP contribution >= 0.6 is 0 Å². The van der Waals surface area contributed by atoms with Crippen molar-refractivity contribution in [3.63, 3.8) is 0 Å². The Morgan fingerprint density at radius 3 is 2.37 bits per heavy atom. The Balaban J connectivity index is 1.58. The van der Waals surface area contributed by atoms with Crippen molar-refractivity contribution in [2.24, 2.45) is 5.92 Å². The molecule has 1 aromatic heterocycles. The molecule has 0 saturated heterocycles. The lowest BCUT2D eigenvalue weighted by molar-refractivity contribution is -0.122. The number of aromatic nitrogens is 2. The van der Waals surface area contributed by atoms with E-state index in [0.717, 1.165) is 24.0 Å². The molecule has 1 amide bonds. The lowest BCUT2D eigenvalue weighted by Gasteiger charge is -2.23. The minimum Gasteiger partial charge on any atom is -0.349 e. The number of rotatable bonds is 9. The highest BCUT2D eigenvalue weighted by Gasteiger charge is 2.19. The van der Waals surface area contributed by atoms with Crippen molar-refractivity contribution in [1.29, 1.82) is 0 Å². The summed E-state index contributed by atoms with van der Waals surface area (Å²) in [5, 5.41) is 7.21. The van der Waals surface area contributed by atoms with E-state index in [-0.39, 0.29) is 11.9 Å². The summed E-state index contributed by atoms with van der Waals surface area (Å²) in [5.74, 6) is 1.31. The fraction of sp³-hybridized carbons (Fsp3) is 0.400. The molecular weight excluding hydrogens is 374 g/mol. The number of carbonyl (C=O) groups excluding carboxylic acids is 1. The second kappa shape index (κ2) is 10.2. The molecule has 5 nitrogen and oxygen atoms in total. The number of nitrogens with one attached hydrogen (secondary N) is 1. The van der Waals surface area contributed by atoms with Gasteiger partial charge in [-0.05, 0) is 30.4 Å². The summed E-state index contributed by atoms with van der Waals surface area (Å²) in [6.07, 6.45) is 2.94. The van der Waals surface area contributed by atoms with Gasteiger partial charge in [0.15, 0.2) is 0 Å². The van der Waals surface area contributed by atoms with Crippen LogP contribution in [0.15, 0.2) is 53.1 Å². The first-order valence-corrected chi connectivity index (χ1v) is 10.7. The highest BCUT2D eigenvalue weighted by Crippen LogP contribution is 2.23. The minimum atomic E-state index is -0.0148. The lowest BCUT2D eigenvalue weighted by atomic mass is 9.94. The summed E-state index contributed by atoms with van der Waals surface area (Å²) in [6.45, 7) is 8.46. The lowest BCUT2D eigenvalue weighted by Crippen LogP contribution is -2.31. The molecule has 1 unspecified atom stereocenters. The van der Waals surface area contributed by atoms with Gasteiger partial charge in [0.05, 0.1) is 6.04 Å². The molecule has 3 rings (SSSR count). The Hall–Kier alpha value is -2.95. The van der Waals surface area contributed by atoms with Crippen LogP contribution in [0.2, 0.25) is 0 Å². The molecular formula is C25H31N3O2. The molecule has 158 valence electrons. The van der Waals surface area contributed by atoms with Gasteiger partial charge in [0.1, 0.15) is 0 Å². The molecule has 0 saturated carbocycles. The van der Waals surface area contributed by atoms with E-state index in [1.807, 2.05) is 31.2 Å². The van der Waals surface area contributed by atoms with Gasteiger partial charge in [-0.1, -0.05) is 86.4 Å². The topological polar surface area (TPSA) is 68.0 Å². The molecule has 0 radical (unpaired) electrons. The molecule has 30 heavy (non-hydrogen) atoms. The van der Waals surface area contributed by atoms with Crippen molar-refractivity contribution >= 4 is 5.91 Å². The van der Waals surface area contributed by atoms with Gasteiger partial charge in [0.25, 0.3) is 0 Å². The van der Waals surface area contributed by atoms with Crippen molar-refractivity contribution in [2.75, 3.05) is 0 Å². The molecule has 1 N–H and O–H groups in total. The van der Waals surface area contributed by atoms with Crippen LogP contribution in [0.25, 0.3) is 11.4 Å². The Morgan fingerprint density at radius 1 is 1.03 bits per heavy atom. The highest BCUT2D eigenvalue weighted by molar-refractivity contribution is 5.76. The first-order valence-electron chi connectivity index (χ1n) is 10.7. The number of nitrogens with zero attached hydrogens (tertiary/aromatic N) is 2. The van der Waals surface area contributed by atoms with Gasteiger partial charge in [0.2, 0.25) is 17.6 Å². The molecule has 0 fully saturated rings. The normalized spacial score (nSPS) is 12.2. The average molecular weight is 406 g/mol. The third-order valence-electron chi connectivity index (χ3n) is 5.20. The van der Waals surface area contributed by atoms with E-state index in [1.54, 1.807) is 0 Å². The van der Waals surface area contributed by atoms with Gasteiger partial charge in [-0.15, -0.1) is 0 Å². The van der Waals surface area contributed by atoms with Crippen LogP contribution in [0, 0.1) is 12.8 Å². The number of aryl methyl sites for hydroxylation is 3. The van der Waals surface area contributed by atoms with Gasteiger partial charge < -0.3 is 9.84 Å².